The van der Waals surface area contributed by atoms with Crippen molar-refractivity contribution in [2.24, 2.45) is 0 Å². The van der Waals surface area contributed by atoms with Gasteiger partial charge in [0.15, 0.2) is 0 Å². The van der Waals surface area contributed by atoms with Crippen molar-refractivity contribution in [2.75, 3.05) is 0 Å². The van der Waals surface area contributed by atoms with Crippen molar-refractivity contribution in [1.82, 2.24) is 0 Å². The molecule has 0 aromatic heterocycles. The molecule has 1 unspecified atom stereocenters. The second-order valence-electron chi connectivity index (χ2n) is 10.7. The van der Waals surface area contributed by atoms with E-state index in [0.717, 1.165) is 6.42 Å². The quantitative estimate of drug-likeness (QED) is 0.199. The molecule has 0 fully saturated rings. The Morgan fingerprint density at radius 3 is 1.69 bits per heavy atom. The van der Waals surface area contributed by atoms with Gasteiger partial charge >= 0.3 is 245 Å². The molecule has 0 amide bonds. The molecule has 0 radical (unpaired) electrons. The van der Waals surface area contributed by atoms with E-state index >= 15 is 0 Å². The molecule has 8 rings (SSSR count). The van der Waals surface area contributed by atoms with Crippen LogP contribution in [0.15, 0.2) is 155 Å². The maximum absolute atomic E-state index is 2.52. The first-order chi connectivity index (χ1) is 19.9. The number of rotatable bonds is 4. The first-order valence-electron chi connectivity index (χ1n) is 14.1. The molecule has 0 nitrogen and oxygen atoms in total. The maximum Gasteiger partial charge on any atom is -1.00 e. The molecule has 2 aliphatic rings. The fourth-order valence-electron chi connectivity index (χ4n) is 7.01. The molecule has 6 aromatic rings. The Labute approximate surface area is 267 Å². The van der Waals surface area contributed by atoms with E-state index < -0.39 is 25.8 Å². The van der Waals surface area contributed by atoms with Crippen LogP contribution in [0.4, 0.5) is 0 Å². The number of hydrogen-bond donors (Lipinski definition) is 0. The fraction of sp³-hybridized carbons (Fsp3) is 0.0526. The standard InChI is InChI=1S/C21H13.C12H10Si.C5H5.2ClH.Zr/c1-2-8-15-14(7-1)13-20-18-11-4-3-9-16(18)17-10-5-6-12-19(17)21(15)20;1-3-7-11(8-4-1)13-12-9-5-2-6-10-12;1-2-4-5-3-1;;;/h1-13H;1-10H;1-3H,4H2;2*1H;/q;;;;;+2/p-2. The van der Waals surface area contributed by atoms with Crippen LogP contribution in [0.1, 0.15) is 21.2 Å². The summed E-state index contributed by atoms with van der Waals surface area (Å²) in [6, 6.07) is 50.7. The molecule has 0 aliphatic heterocycles. The number of fused-ring (bicyclic) bond motifs is 8. The van der Waals surface area contributed by atoms with Crippen LogP contribution in [0.2, 0.25) is 0 Å². The molecule has 0 heterocycles. The second-order valence-corrected chi connectivity index (χ2v) is 24.6. The van der Waals surface area contributed by atoms with E-state index in [1.807, 2.05) is 0 Å². The Balaban J connectivity index is 0.00000158. The summed E-state index contributed by atoms with van der Waals surface area (Å²) in [4.78, 5) is 0. The number of hydrogen-bond acceptors (Lipinski definition) is 0. The Morgan fingerprint density at radius 1 is 0.548 bits per heavy atom. The van der Waals surface area contributed by atoms with Gasteiger partial charge in [-0.15, -0.1) is 0 Å². The van der Waals surface area contributed by atoms with Crippen LogP contribution >= 0.6 is 0 Å². The van der Waals surface area contributed by atoms with Crippen molar-refractivity contribution in [3.8, 4) is 11.1 Å². The summed E-state index contributed by atoms with van der Waals surface area (Å²) in [6.07, 6.45) is 8.34. The van der Waals surface area contributed by atoms with Crippen molar-refractivity contribution >= 4 is 37.4 Å². The van der Waals surface area contributed by atoms with Crippen LogP contribution in [0, 0.1) is 0 Å². The minimum absolute atomic E-state index is 0. The van der Waals surface area contributed by atoms with E-state index in [0.29, 0.717) is 3.63 Å². The van der Waals surface area contributed by atoms with Crippen LogP contribution in [-0.4, -0.2) is 5.43 Å². The summed E-state index contributed by atoms with van der Waals surface area (Å²) in [5, 5.41) is 8.75. The Kier molecular flexibility index (Phi) is 8.53. The van der Waals surface area contributed by atoms with Gasteiger partial charge in [0.2, 0.25) is 0 Å². The minimum Gasteiger partial charge on any atom is -1.00 e. The van der Waals surface area contributed by atoms with Crippen molar-refractivity contribution in [3.63, 3.8) is 0 Å². The molecule has 6 aromatic carbocycles. The summed E-state index contributed by atoms with van der Waals surface area (Å²) >= 11 is -2.52. The van der Waals surface area contributed by atoms with Crippen LogP contribution in [0.3, 0.4) is 0 Å². The summed E-state index contributed by atoms with van der Waals surface area (Å²) in [5.41, 5.74) is 5.09. The molecule has 2 aliphatic carbocycles. The third kappa shape index (κ3) is 4.70. The number of benzene rings is 6. The summed E-state index contributed by atoms with van der Waals surface area (Å²) in [6.45, 7) is 0. The second kappa shape index (κ2) is 12.3. The van der Waals surface area contributed by atoms with Gasteiger partial charge in [-0.25, -0.2) is 0 Å². The zero-order valence-electron chi connectivity index (χ0n) is 23.0. The molecule has 0 saturated carbocycles. The van der Waals surface area contributed by atoms with Gasteiger partial charge < -0.3 is 24.8 Å². The zero-order chi connectivity index (χ0) is 26.5. The van der Waals surface area contributed by atoms with Crippen LogP contribution in [-0.2, 0) is 20.4 Å². The zero-order valence-corrected chi connectivity index (χ0v) is 27.9. The summed E-state index contributed by atoms with van der Waals surface area (Å²) in [7, 11) is 0. The van der Waals surface area contributed by atoms with E-state index in [1.165, 1.54) is 32.7 Å². The normalized spacial score (nSPS) is 14.3. The molecule has 0 saturated heterocycles. The molecule has 0 spiro atoms. The average molecular weight is 675 g/mol. The number of halogens is 2. The van der Waals surface area contributed by atoms with Crippen LogP contribution < -0.4 is 35.2 Å². The van der Waals surface area contributed by atoms with Gasteiger partial charge in [0.05, 0.1) is 0 Å². The molecule has 42 heavy (non-hydrogen) atoms. The SMILES string of the molecule is C1=CC[C]([Zr+2]([CH]2c3ccccc3-c3c2c2ccccc2c2ccccc32)=[Si](c2ccccc2)c2ccccc2)=C1.[Cl-].[Cl-]. The van der Waals surface area contributed by atoms with Gasteiger partial charge in [0, 0.05) is 0 Å². The first kappa shape index (κ1) is 29.1. The van der Waals surface area contributed by atoms with Crippen molar-refractivity contribution in [2.45, 2.75) is 10.0 Å². The molecule has 1 atom stereocenters. The maximum atomic E-state index is 2.51. The van der Waals surface area contributed by atoms with Gasteiger partial charge in [-0.05, 0) is 0 Å². The topological polar surface area (TPSA) is 0 Å². The van der Waals surface area contributed by atoms with Gasteiger partial charge in [-0.1, -0.05) is 0 Å². The summed E-state index contributed by atoms with van der Waals surface area (Å²) < 4.78 is 2.23. The molecule has 202 valence electrons. The number of allylic oxidation sites excluding steroid dienone is 4. The molecular weight excluding hydrogens is 647 g/mol. The van der Waals surface area contributed by atoms with E-state index in [2.05, 4.69) is 152 Å². The first-order valence-corrected chi connectivity index (χ1v) is 22.0. The Morgan fingerprint density at radius 2 is 1.07 bits per heavy atom. The third-order valence-electron chi connectivity index (χ3n) is 8.60. The Hall–Kier alpha value is -3.00. The van der Waals surface area contributed by atoms with Gasteiger partial charge in [0.25, 0.3) is 0 Å². The van der Waals surface area contributed by atoms with Gasteiger partial charge in [-0.3, -0.25) is 0 Å². The summed E-state index contributed by atoms with van der Waals surface area (Å²) in [5.74, 6) is 0. The van der Waals surface area contributed by atoms with Crippen LogP contribution in [0.25, 0.3) is 32.7 Å². The predicted octanol–water partition coefficient (Wildman–Crippen LogP) is 2.34. The van der Waals surface area contributed by atoms with Crippen molar-refractivity contribution in [1.29, 1.82) is 0 Å². The molecule has 4 heteroatoms. The third-order valence-corrected chi connectivity index (χ3v) is 28.3. The predicted molar refractivity (Wildman–Crippen MR) is 168 cm³/mol. The molecular formula is C38H28Cl2SiZr. The minimum atomic E-state index is -2.52. The average Bonchev–Trinajstić information content (AvgIpc) is 3.68. The largest absolute Gasteiger partial charge is 1.00 e. The van der Waals surface area contributed by atoms with Crippen LogP contribution in [0.5, 0.6) is 0 Å². The Bertz CT molecular complexity index is 1990. The van der Waals surface area contributed by atoms with Gasteiger partial charge in [0.1, 0.15) is 0 Å². The smallest absolute Gasteiger partial charge is 1.00 e. The van der Waals surface area contributed by atoms with E-state index in [1.54, 1.807) is 24.8 Å². The van der Waals surface area contributed by atoms with Crippen molar-refractivity contribution < 1.29 is 45.2 Å². The molecule has 0 N–H and O–H groups in total. The molecule has 0 bridgehead atoms. The monoisotopic (exact) mass is 672 g/mol. The van der Waals surface area contributed by atoms with E-state index in [-0.39, 0.29) is 24.8 Å². The fourth-order valence-corrected chi connectivity index (χ4v) is 29.3. The van der Waals surface area contributed by atoms with Crippen molar-refractivity contribution in [3.05, 3.63) is 166 Å². The van der Waals surface area contributed by atoms with Gasteiger partial charge in [-0.2, -0.15) is 0 Å². The van der Waals surface area contributed by atoms with E-state index in [9.17, 15) is 0 Å². The van der Waals surface area contributed by atoms with E-state index in [4.69, 9.17) is 0 Å².